The predicted octanol–water partition coefficient (Wildman–Crippen LogP) is 8.44. The molecule has 0 amide bonds. The highest BCUT2D eigenvalue weighted by Gasteiger charge is 2.26. The summed E-state index contributed by atoms with van der Waals surface area (Å²) in [5, 5.41) is 36.3. The lowest BCUT2D eigenvalue weighted by molar-refractivity contribution is 0.465. The number of furan rings is 2. The Morgan fingerprint density at radius 1 is 0.672 bits per heavy atom. The molecule has 24 heteroatoms. The summed E-state index contributed by atoms with van der Waals surface area (Å²) in [7, 11) is -7.50. The van der Waals surface area contributed by atoms with Crippen molar-refractivity contribution in [3.05, 3.63) is 58.1 Å². The molecule has 0 aliphatic rings. The number of thiophene rings is 2. The zero-order chi connectivity index (χ0) is 42.2. The lowest BCUT2D eigenvalue weighted by atomic mass is 10.1. The van der Waals surface area contributed by atoms with E-state index in [1.807, 2.05) is 32.9 Å². The number of anilines is 6. The number of nitrogens with zero attached hydrogens (tertiary/aromatic N) is 4. The number of sulfonamides is 2. The second-order valence-electron chi connectivity index (χ2n) is 12.9. The fourth-order valence-corrected chi connectivity index (χ4v) is 10.9. The number of hydrogen-bond acceptors (Lipinski definition) is 20. The van der Waals surface area contributed by atoms with Crippen LogP contribution in [0, 0.1) is 6.92 Å². The van der Waals surface area contributed by atoms with Gasteiger partial charge in [0.2, 0.25) is 0 Å². The normalized spacial score (nSPS) is 12.9. The summed E-state index contributed by atoms with van der Waals surface area (Å²) in [6.07, 6.45) is 4.97. The average Bonchev–Trinajstić information content (AvgIpc) is 4.04. The van der Waals surface area contributed by atoms with Gasteiger partial charge in [-0.25, -0.2) is 26.3 Å². The van der Waals surface area contributed by atoms with Gasteiger partial charge in [-0.3, -0.25) is 0 Å². The Hall–Kier alpha value is -4.30. The molecule has 6 aromatic heterocycles. The van der Waals surface area contributed by atoms with Crippen LogP contribution in [0.15, 0.2) is 52.7 Å². The monoisotopic (exact) mass is 914 g/mol. The molecule has 0 aliphatic carbocycles. The lowest BCUT2D eigenvalue weighted by Crippen LogP contribution is -2.22. The van der Waals surface area contributed by atoms with Gasteiger partial charge in [-0.05, 0) is 48.9 Å². The van der Waals surface area contributed by atoms with Crippen LogP contribution in [0.25, 0.3) is 0 Å². The van der Waals surface area contributed by atoms with Crippen LogP contribution in [0.4, 0.5) is 34.6 Å². The van der Waals surface area contributed by atoms with Crippen molar-refractivity contribution < 1.29 is 35.9 Å². The van der Waals surface area contributed by atoms with Crippen molar-refractivity contribution in [2.45, 2.75) is 87.7 Å². The van der Waals surface area contributed by atoms with Crippen LogP contribution >= 0.6 is 46.1 Å². The zero-order valence-electron chi connectivity index (χ0n) is 32.6. The zero-order valence-corrected chi connectivity index (χ0v) is 37.5. The largest absolute Gasteiger partial charge is 0.504 e. The van der Waals surface area contributed by atoms with Crippen LogP contribution in [0.5, 0.6) is 11.5 Å². The molecular weight excluding hydrogens is 869 g/mol. The van der Waals surface area contributed by atoms with Crippen LogP contribution in [-0.2, 0) is 20.0 Å². The molecule has 6 heterocycles. The molecule has 0 saturated carbocycles. The van der Waals surface area contributed by atoms with E-state index in [1.165, 1.54) is 10.8 Å². The van der Waals surface area contributed by atoms with Gasteiger partial charge in [-0.15, -0.1) is 22.7 Å². The highest BCUT2D eigenvalue weighted by molar-refractivity contribution is 7.92. The van der Waals surface area contributed by atoms with Gasteiger partial charge in [-0.1, -0.05) is 41.5 Å². The molecule has 0 saturated heterocycles. The lowest BCUT2D eigenvalue weighted by Gasteiger charge is -2.15. The summed E-state index contributed by atoms with van der Waals surface area (Å²) in [4.78, 5) is 0. The molecule has 0 radical (unpaired) electrons. The van der Waals surface area contributed by atoms with Crippen molar-refractivity contribution in [3.63, 3.8) is 0 Å². The minimum atomic E-state index is -3.76. The van der Waals surface area contributed by atoms with Crippen LogP contribution < -0.4 is 30.7 Å². The molecular formula is C34H46N10O8S6. The first kappa shape index (κ1) is 44.8. The molecule has 0 spiro atoms. The molecule has 2 atom stereocenters. The summed E-state index contributed by atoms with van der Waals surface area (Å²) in [6.45, 7) is 14.0. The van der Waals surface area contributed by atoms with E-state index < -0.39 is 20.0 Å². The quantitative estimate of drug-likeness (QED) is 0.0379. The Labute approximate surface area is 353 Å². The molecule has 0 aliphatic heterocycles. The second-order valence-corrected chi connectivity index (χ2v) is 19.7. The summed E-state index contributed by atoms with van der Waals surface area (Å²) in [5.41, 5.74) is 2.65. The van der Waals surface area contributed by atoms with E-state index in [-0.39, 0.29) is 56.5 Å². The van der Waals surface area contributed by atoms with E-state index in [0.717, 1.165) is 81.6 Å². The number of aryl methyl sites for hydroxylation is 1. The molecule has 0 aromatic carbocycles. The van der Waals surface area contributed by atoms with Crippen LogP contribution in [0.2, 0.25) is 0 Å². The minimum absolute atomic E-state index is 0.0982. The van der Waals surface area contributed by atoms with E-state index in [9.17, 15) is 27.0 Å². The van der Waals surface area contributed by atoms with Crippen molar-refractivity contribution in [1.29, 1.82) is 0 Å². The van der Waals surface area contributed by atoms with Gasteiger partial charge >= 0.3 is 0 Å². The smallest absolute Gasteiger partial charge is 0.253 e. The van der Waals surface area contributed by atoms with Crippen molar-refractivity contribution in [2.24, 2.45) is 0 Å². The van der Waals surface area contributed by atoms with Gasteiger partial charge in [-0.2, -0.15) is 17.5 Å². The minimum Gasteiger partial charge on any atom is -0.504 e. The maximum Gasteiger partial charge on any atom is 0.253 e. The van der Waals surface area contributed by atoms with Crippen LogP contribution in [0.3, 0.4) is 0 Å². The van der Waals surface area contributed by atoms with Gasteiger partial charge in [0, 0.05) is 23.8 Å². The highest BCUT2D eigenvalue weighted by Crippen LogP contribution is 2.42. The second kappa shape index (κ2) is 19.6. The summed E-state index contributed by atoms with van der Waals surface area (Å²) < 4.78 is 81.4. The SMILES string of the molecule is CCNS(=O)(=O)c1scc(Nc2nsnc2N[C@H](CC)c2cc(C(C)C)co2)c1O.CCNS(=O)(=O)c1scc(Nc2nsnc2N[C@H](CC)c2cc(C)co2)c1O. The Morgan fingerprint density at radius 3 is 1.48 bits per heavy atom. The van der Waals surface area contributed by atoms with E-state index in [0.29, 0.717) is 29.2 Å². The third-order valence-corrected chi connectivity index (χ3v) is 15.5. The molecule has 316 valence electrons. The Kier molecular flexibility index (Phi) is 15.2. The van der Waals surface area contributed by atoms with Crippen molar-refractivity contribution in [2.75, 3.05) is 34.4 Å². The Bertz CT molecular complexity index is 2470. The standard InChI is InChI=1S/C18H25N5O4S3.C16H21N5O4S3/c1-5-12(14-7-11(8-27-14)10(3)4)20-16-17(23-29-22-16)21-13-9-28-18(15(13)24)30(25,26)19-6-2;1-4-10(12-6-9(3)7-25-12)18-14-15(21-27-20-14)19-11-8-26-16(13(11)22)28(23,24)17-5-2/h7-10,12,19,24H,5-6H2,1-4H3,(H,20,22)(H,21,23);6-8,10,17,22H,4-5H2,1-3H3,(H,18,20)(H,19,21)/t12-;10-/m11/s1. The number of aromatic nitrogens is 4. The molecule has 6 rings (SSSR count). The molecule has 0 unspecified atom stereocenters. The van der Waals surface area contributed by atoms with E-state index in [2.05, 4.69) is 62.1 Å². The molecule has 18 nitrogen and oxygen atoms in total. The highest BCUT2D eigenvalue weighted by atomic mass is 32.3. The van der Waals surface area contributed by atoms with Crippen molar-refractivity contribution >= 4 is 101 Å². The molecule has 58 heavy (non-hydrogen) atoms. The first-order chi connectivity index (χ1) is 27.6. The Morgan fingerprint density at radius 2 is 1.10 bits per heavy atom. The van der Waals surface area contributed by atoms with Gasteiger partial charge in [0.15, 0.2) is 43.2 Å². The average molecular weight is 915 g/mol. The van der Waals surface area contributed by atoms with Gasteiger partial charge in [0.05, 0.1) is 59.4 Å². The van der Waals surface area contributed by atoms with E-state index >= 15 is 0 Å². The van der Waals surface area contributed by atoms with Gasteiger partial charge in [0.1, 0.15) is 11.5 Å². The van der Waals surface area contributed by atoms with Crippen molar-refractivity contribution in [3.8, 4) is 11.5 Å². The fraction of sp³-hybridized carbons (Fsp3) is 0.412. The van der Waals surface area contributed by atoms with Gasteiger partial charge < -0.3 is 40.3 Å². The molecule has 8 N–H and O–H groups in total. The third kappa shape index (κ3) is 10.7. The summed E-state index contributed by atoms with van der Waals surface area (Å²) in [6, 6.07) is 3.78. The molecule has 0 fully saturated rings. The first-order valence-electron chi connectivity index (χ1n) is 18.1. The molecule has 6 aromatic rings. The summed E-state index contributed by atoms with van der Waals surface area (Å²) in [5.74, 6) is 3.05. The van der Waals surface area contributed by atoms with E-state index in [4.69, 9.17) is 8.83 Å². The topological polar surface area (TPSA) is 259 Å². The predicted molar refractivity (Wildman–Crippen MR) is 230 cm³/mol. The summed E-state index contributed by atoms with van der Waals surface area (Å²) >= 11 is 3.86. The maximum absolute atomic E-state index is 12.2. The molecule has 0 bridgehead atoms. The third-order valence-electron chi connectivity index (χ3n) is 8.29. The van der Waals surface area contributed by atoms with Crippen LogP contribution in [-0.4, -0.2) is 57.6 Å². The van der Waals surface area contributed by atoms with E-state index in [1.54, 1.807) is 26.4 Å². The van der Waals surface area contributed by atoms with Gasteiger partial charge in [0.25, 0.3) is 20.0 Å². The van der Waals surface area contributed by atoms with Crippen LogP contribution in [0.1, 0.15) is 95.0 Å². The van der Waals surface area contributed by atoms with Crippen molar-refractivity contribution in [1.82, 2.24) is 26.9 Å². The maximum atomic E-state index is 12.2. The number of hydrogen-bond donors (Lipinski definition) is 8. The number of aromatic hydroxyl groups is 2. The first-order valence-corrected chi connectivity index (χ1v) is 24.3. The fourth-order valence-electron chi connectivity index (χ4n) is 5.29. The number of rotatable bonds is 19. The Balaban J connectivity index is 0.000000221. The number of nitrogens with one attached hydrogen (secondary N) is 6.